The van der Waals surface area contributed by atoms with Crippen molar-refractivity contribution in [2.24, 2.45) is 0 Å². The Kier molecular flexibility index (Phi) is 3.51. The van der Waals surface area contributed by atoms with E-state index in [2.05, 4.69) is 4.98 Å². The van der Waals surface area contributed by atoms with E-state index in [1.54, 1.807) is 6.07 Å². The molecule has 0 atom stereocenters. The first-order valence-corrected chi connectivity index (χ1v) is 7.30. The van der Waals surface area contributed by atoms with Crippen LogP contribution in [0.1, 0.15) is 5.56 Å². The van der Waals surface area contributed by atoms with Gasteiger partial charge in [-0.1, -0.05) is 0 Å². The van der Waals surface area contributed by atoms with E-state index in [1.807, 2.05) is 28.7 Å². The highest BCUT2D eigenvalue weighted by atomic mass is 127. The van der Waals surface area contributed by atoms with Gasteiger partial charge in [-0.05, 0) is 59.1 Å². The molecule has 0 aliphatic heterocycles. The summed E-state index contributed by atoms with van der Waals surface area (Å²) in [7, 11) is 0. The maximum Gasteiger partial charge on any atom is 0.182 e. The summed E-state index contributed by atoms with van der Waals surface area (Å²) in [5, 5.41) is 8.78. The van der Waals surface area contributed by atoms with Crippen LogP contribution in [0.25, 0.3) is 16.7 Å². The lowest BCUT2D eigenvalue weighted by Gasteiger charge is -2.06. The zero-order chi connectivity index (χ0) is 15.1. The van der Waals surface area contributed by atoms with Crippen LogP contribution >= 0.6 is 34.8 Å². The van der Waals surface area contributed by atoms with Gasteiger partial charge in [-0.25, -0.2) is 8.78 Å². The second-order valence-electron chi connectivity index (χ2n) is 4.33. The van der Waals surface area contributed by atoms with Crippen molar-refractivity contribution in [3.8, 4) is 11.8 Å². The molecular weight excluding hydrogens is 407 g/mol. The van der Waals surface area contributed by atoms with Crippen LogP contribution in [0.3, 0.4) is 0 Å². The normalized spacial score (nSPS) is 10.8. The Morgan fingerprint density at radius 3 is 2.62 bits per heavy atom. The fourth-order valence-electron chi connectivity index (χ4n) is 2.10. The molecule has 3 aromatic rings. The number of hydrogen-bond acceptors (Lipinski definition) is 2. The predicted octanol–water partition coefficient (Wildman–Crippen LogP) is 4.44. The van der Waals surface area contributed by atoms with Crippen molar-refractivity contribution in [2.45, 2.75) is 0 Å². The summed E-state index contributed by atoms with van der Waals surface area (Å²) in [5.74, 6) is -0.995. The molecule has 2 aromatic carbocycles. The molecule has 0 aliphatic carbocycles. The minimum atomic E-state index is -0.593. The summed E-state index contributed by atoms with van der Waals surface area (Å²) in [6.45, 7) is 0. The third-order valence-corrected chi connectivity index (χ3v) is 4.15. The highest BCUT2D eigenvalue weighted by Crippen LogP contribution is 2.25. The van der Waals surface area contributed by atoms with Gasteiger partial charge >= 0.3 is 0 Å². The minimum Gasteiger partial charge on any atom is -0.330 e. The smallest absolute Gasteiger partial charge is 0.182 e. The van der Waals surface area contributed by atoms with Crippen LogP contribution in [0.4, 0.5) is 8.78 Å². The Balaban J connectivity index is 2.35. The number of aromatic nitrogens is 2. The standard InChI is InChI=1S/C14H6F2IN3S/c15-8-4-13-11(5-10(8)17)19-14(21)20(13)12-2-1-7(6-18)3-9(12)16/h1-5H,(H,19,21). The lowest BCUT2D eigenvalue weighted by molar-refractivity contribution is 0.615. The molecule has 0 unspecified atom stereocenters. The van der Waals surface area contributed by atoms with E-state index >= 15 is 0 Å². The molecule has 104 valence electrons. The number of halogens is 3. The molecule has 1 N–H and O–H groups in total. The molecule has 0 saturated heterocycles. The molecule has 3 nitrogen and oxygen atoms in total. The zero-order valence-electron chi connectivity index (χ0n) is 10.3. The Morgan fingerprint density at radius 2 is 1.95 bits per heavy atom. The van der Waals surface area contributed by atoms with Crippen molar-refractivity contribution >= 4 is 45.8 Å². The molecule has 0 spiro atoms. The van der Waals surface area contributed by atoms with Crippen molar-refractivity contribution in [1.82, 2.24) is 9.55 Å². The van der Waals surface area contributed by atoms with Crippen LogP contribution in [0.2, 0.25) is 0 Å². The van der Waals surface area contributed by atoms with Crippen LogP contribution in [-0.4, -0.2) is 9.55 Å². The summed E-state index contributed by atoms with van der Waals surface area (Å²) in [6, 6.07) is 8.84. The lowest BCUT2D eigenvalue weighted by Crippen LogP contribution is -1.99. The summed E-state index contributed by atoms with van der Waals surface area (Å²) >= 11 is 7.07. The van der Waals surface area contributed by atoms with Crippen LogP contribution in [0.15, 0.2) is 30.3 Å². The number of aromatic amines is 1. The van der Waals surface area contributed by atoms with Crippen LogP contribution in [-0.2, 0) is 0 Å². The highest BCUT2D eigenvalue weighted by molar-refractivity contribution is 14.1. The van der Waals surface area contributed by atoms with Crippen LogP contribution in [0, 0.1) is 31.3 Å². The van der Waals surface area contributed by atoms with Crippen LogP contribution < -0.4 is 0 Å². The van der Waals surface area contributed by atoms with Gasteiger partial charge in [-0.3, -0.25) is 4.57 Å². The third-order valence-electron chi connectivity index (χ3n) is 3.04. The largest absolute Gasteiger partial charge is 0.330 e. The van der Waals surface area contributed by atoms with Gasteiger partial charge in [-0.2, -0.15) is 5.26 Å². The summed E-state index contributed by atoms with van der Waals surface area (Å²) < 4.78 is 30.1. The molecule has 1 aromatic heterocycles. The Hall–Kier alpha value is -1.79. The zero-order valence-corrected chi connectivity index (χ0v) is 13.3. The number of H-pyrrole nitrogens is 1. The van der Waals surface area contributed by atoms with Crippen molar-refractivity contribution < 1.29 is 8.78 Å². The van der Waals surface area contributed by atoms with E-state index in [4.69, 9.17) is 17.5 Å². The monoisotopic (exact) mass is 413 g/mol. The topological polar surface area (TPSA) is 44.5 Å². The SMILES string of the molecule is N#Cc1ccc(-n2c(=S)[nH]c3cc(I)c(F)cc32)c(F)c1. The molecule has 21 heavy (non-hydrogen) atoms. The van der Waals surface area contributed by atoms with Crippen molar-refractivity contribution in [3.05, 3.63) is 55.9 Å². The van der Waals surface area contributed by atoms with Crippen molar-refractivity contribution in [3.63, 3.8) is 0 Å². The number of rotatable bonds is 1. The number of imidazole rings is 1. The van der Waals surface area contributed by atoms with Gasteiger partial charge in [0.2, 0.25) is 0 Å². The van der Waals surface area contributed by atoms with E-state index in [0.717, 1.165) is 6.07 Å². The molecular formula is C14H6F2IN3S. The fourth-order valence-corrected chi connectivity index (χ4v) is 2.87. The van der Waals surface area contributed by atoms with Crippen LogP contribution in [0.5, 0.6) is 0 Å². The molecule has 3 rings (SSSR count). The Labute approximate surface area is 137 Å². The molecule has 0 fully saturated rings. The molecule has 0 amide bonds. The number of fused-ring (bicyclic) bond motifs is 1. The lowest BCUT2D eigenvalue weighted by atomic mass is 10.2. The molecule has 0 saturated carbocycles. The first-order valence-electron chi connectivity index (χ1n) is 5.81. The third kappa shape index (κ3) is 2.34. The summed E-state index contributed by atoms with van der Waals surface area (Å²) in [4.78, 5) is 2.92. The number of nitrogens with one attached hydrogen (secondary N) is 1. The molecule has 0 bridgehead atoms. The minimum absolute atomic E-state index is 0.172. The van der Waals surface area contributed by atoms with Gasteiger partial charge < -0.3 is 4.98 Å². The summed E-state index contributed by atoms with van der Waals surface area (Å²) in [6.07, 6.45) is 0. The quantitative estimate of drug-likeness (QED) is 0.474. The van der Waals surface area contributed by atoms with Gasteiger partial charge in [0, 0.05) is 6.07 Å². The Bertz CT molecular complexity index is 969. The molecule has 0 aliphatic rings. The van der Waals surface area contributed by atoms with Gasteiger partial charge in [0.1, 0.15) is 11.6 Å². The second-order valence-corrected chi connectivity index (χ2v) is 5.88. The number of benzene rings is 2. The molecule has 7 heteroatoms. The van der Waals surface area contributed by atoms with E-state index in [9.17, 15) is 8.78 Å². The van der Waals surface area contributed by atoms with Crippen molar-refractivity contribution in [2.75, 3.05) is 0 Å². The van der Waals surface area contributed by atoms with Gasteiger partial charge in [0.05, 0.1) is 31.9 Å². The van der Waals surface area contributed by atoms with E-state index in [-0.39, 0.29) is 16.0 Å². The summed E-state index contributed by atoms with van der Waals surface area (Å²) in [5.41, 5.74) is 1.45. The average molecular weight is 413 g/mol. The van der Waals surface area contributed by atoms with Crippen molar-refractivity contribution in [1.29, 1.82) is 5.26 Å². The maximum absolute atomic E-state index is 14.2. The predicted molar refractivity (Wildman–Crippen MR) is 85.8 cm³/mol. The number of nitrogens with zero attached hydrogens (tertiary/aromatic N) is 2. The van der Waals surface area contributed by atoms with Gasteiger partial charge in [0.15, 0.2) is 4.77 Å². The number of nitriles is 1. The number of hydrogen-bond donors (Lipinski definition) is 1. The average Bonchev–Trinajstić information content (AvgIpc) is 2.75. The molecule has 1 heterocycles. The van der Waals surface area contributed by atoms with E-state index in [0.29, 0.717) is 14.6 Å². The van der Waals surface area contributed by atoms with E-state index in [1.165, 1.54) is 22.8 Å². The fraction of sp³-hybridized carbons (Fsp3) is 0. The molecule has 0 radical (unpaired) electrons. The van der Waals surface area contributed by atoms with Gasteiger partial charge in [0.25, 0.3) is 0 Å². The first kappa shape index (κ1) is 14.2. The maximum atomic E-state index is 14.2. The first-order chi connectivity index (χ1) is 10.0. The highest BCUT2D eigenvalue weighted by Gasteiger charge is 2.13. The second kappa shape index (κ2) is 5.20. The van der Waals surface area contributed by atoms with Gasteiger partial charge in [-0.15, -0.1) is 0 Å². The Morgan fingerprint density at radius 1 is 1.19 bits per heavy atom. The van der Waals surface area contributed by atoms with E-state index < -0.39 is 11.6 Å².